The molecule has 58 heavy (non-hydrogen) atoms. The molecule has 0 bridgehead atoms. The van der Waals surface area contributed by atoms with Gasteiger partial charge in [0.05, 0.1) is 45.0 Å². The number of cyclic esters (lactones) is 1. The van der Waals surface area contributed by atoms with Crippen molar-refractivity contribution in [3.63, 3.8) is 0 Å². The van der Waals surface area contributed by atoms with Crippen molar-refractivity contribution in [2.75, 3.05) is 27.8 Å². The van der Waals surface area contributed by atoms with Crippen LogP contribution in [0.4, 0.5) is 4.79 Å². The number of pyridine rings is 1. The summed E-state index contributed by atoms with van der Waals surface area (Å²) in [4.78, 5) is 55.0. The number of hydrogen-bond donors (Lipinski definition) is 2. The van der Waals surface area contributed by atoms with E-state index in [0.29, 0.717) is 18.6 Å². The Balaban J connectivity index is 1.59. The van der Waals surface area contributed by atoms with Gasteiger partial charge in [0, 0.05) is 30.0 Å². The maximum absolute atomic E-state index is 14.6. The zero-order chi connectivity index (χ0) is 42.5. The SMILES string of the molecule is CC[C@H]1OC(=O)[C@H](C)C(=O)[C@H](C)[C@@H](O[C@@H]2O[C@H](C)C[C@H](N(C)C)[C@H]2O)[C@@](C)(OCC#Cc2ccc(-c3ccccn3)s2)C[C@@H](C)/C(=N\OC)[C@H](C)[C@H]2NC(=O)O[C@@]21C. The summed E-state index contributed by atoms with van der Waals surface area (Å²) in [5.74, 6) is 2.04. The Morgan fingerprint density at radius 1 is 1.09 bits per heavy atom. The second-order valence-electron chi connectivity index (χ2n) is 16.4. The fourth-order valence-corrected chi connectivity index (χ4v) is 9.65. The van der Waals surface area contributed by atoms with Crippen LogP contribution in [0.15, 0.2) is 41.7 Å². The normalized spacial score (nSPS) is 36.9. The highest BCUT2D eigenvalue weighted by molar-refractivity contribution is 7.16. The van der Waals surface area contributed by atoms with Gasteiger partial charge >= 0.3 is 12.1 Å². The third-order valence-corrected chi connectivity index (χ3v) is 12.9. The van der Waals surface area contributed by atoms with Crippen LogP contribution in [0, 0.1) is 35.5 Å². The summed E-state index contributed by atoms with van der Waals surface area (Å²) < 4.78 is 31.8. The van der Waals surface area contributed by atoms with E-state index >= 15 is 0 Å². The Bertz CT molecular complexity index is 1850. The van der Waals surface area contributed by atoms with E-state index in [-0.39, 0.29) is 25.2 Å². The van der Waals surface area contributed by atoms with Gasteiger partial charge in [-0.25, -0.2) is 4.79 Å². The largest absolute Gasteiger partial charge is 0.458 e. The van der Waals surface area contributed by atoms with Gasteiger partial charge in [0.15, 0.2) is 17.7 Å². The highest BCUT2D eigenvalue weighted by Crippen LogP contribution is 2.41. The number of likely N-dealkylation sites (N-methyl/N-ethyl adjacent to an activating group) is 1. The fraction of sp³-hybridized carbons (Fsp3) is 0.651. The number of hydrogen-bond acceptors (Lipinski definition) is 14. The maximum Gasteiger partial charge on any atom is 0.408 e. The van der Waals surface area contributed by atoms with Gasteiger partial charge in [0.2, 0.25) is 0 Å². The molecule has 5 rings (SSSR count). The standard InChI is InChI=1S/C43H60N4O10S/c1-12-33-43(8)37(45-41(51)57-43)26(4)34(46-52-11)24(2)23-42(7,53-21-15-16-29-18-19-32(58-29)30-17-13-14-20-44-30)38(27(5)35(48)28(6)39(50)55-33)56-40-36(49)31(47(9)10)22-25(3)54-40/h13-14,17-20,24-28,31,33,36-38,40,49H,12,21-23H2,1-11H3,(H,45,51)/b46-34+/t24-,25-,26+,27+,28-,31+,33-,36-,37-,38-,40+,42+,43-/m1/s1. The average Bonchev–Trinajstić information content (AvgIpc) is 3.80. The number of nitrogens with zero attached hydrogens (tertiary/aromatic N) is 3. The molecule has 3 fully saturated rings. The third-order valence-electron chi connectivity index (χ3n) is 11.9. The van der Waals surface area contributed by atoms with E-state index in [1.54, 1.807) is 20.0 Å². The molecule has 0 saturated carbocycles. The Morgan fingerprint density at radius 2 is 1.83 bits per heavy atom. The van der Waals surface area contributed by atoms with Gasteiger partial charge in [0.25, 0.3) is 0 Å². The maximum atomic E-state index is 14.6. The molecule has 14 nitrogen and oxygen atoms in total. The molecular weight excluding hydrogens is 765 g/mol. The summed E-state index contributed by atoms with van der Waals surface area (Å²) >= 11 is 1.51. The number of ketones is 1. The molecule has 5 heterocycles. The molecule has 3 saturated heterocycles. The van der Waals surface area contributed by atoms with Crippen molar-refractivity contribution in [3.8, 4) is 22.4 Å². The smallest absolute Gasteiger partial charge is 0.408 e. The highest BCUT2D eigenvalue weighted by Gasteiger charge is 2.57. The lowest BCUT2D eigenvalue weighted by Crippen LogP contribution is -2.60. The van der Waals surface area contributed by atoms with Crippen molar-refractivity contribution in [2.45, 2.75) is 129 Å². The zero-order valence-corrected chi connectivity index (χ0v) is 36.3. The van der Waals surface area contributed by atoms with Crippen LogP contribution in [-0.4, -0.2) is 120 Å². The van der Waals surface area contributed by atoms with Crippen molar-refractivity contribution in [1.29, 1.82) is 0 Å². The number of carbonyl (C=O) groups excluding carboxylic acids is 3. The van der Waals surface area contributed by atoms with Crippen LogP contribution in [0.5, 0.6) is 0 Å². The van der Waals surface area contributed by atoms with Gasteiger partial charge in [-0.3, -0.25) is 14.6 Å². The summed E-state index contributed by atoms with van der Waals surface area (Å²) in [6.07, 6.45) is -2.28. The number of alkyl carbamates (subject to hydrolysis) is 1. The van der Waals surface area contributed by atoms with Crippen molar-refractivity contribution in [1.82, 2.24) is 15.2 Å². The van der Waals surface area contributed by atoms with E-state index in [9.17, 15) is 19.5 Å². The predicted octanol–water partition coefficient (Wildman–Crippen LogP) is 5.46. The first kappa shape index (κ1) is 45.2. The molecule has 2 aromatic rings. The summed E-state index contributed by atoms with van der Waals surface area (Å²) in [7, 11) is 5.22. The molecule has 0 spiro atoms. The number of esters is 1. The quantitative estimate of drug-likeness (QED) is 0.150. The number of carbonyl (C=O) groups is 3. The minimum absolute atomic E-state index is 0.0573. The first-order valence-electron chi connectivity index (χ1n) is 20.1. The van der Waals surface area contributed by atoms with E-state index in [4.69, 9.17) is 28.5 Å². The van der Waals surface area contributed by atoms with E-state index in [1.807, 2.05) is 83.9 Å². The molecule has 15 heteroatoms. The molecule has 0 radical (unpaired) electrons. The second kappa shape index (κ2) is 19.0. The number of aliphatic hydroxyl groups excluding tert-OH is 1. The fourth-order valence-electron chi connectivity index (χ4n) is 8.79. The number of aliphatic hydroxyl groups is 1. The molecule has 318 valence electrons. The van der Waals surface area contributed by atoms with Crippen LogP contribution in [0.2, 0.25) is 0 Å². The van der Waals surface area contributed by atoms with Gasteiger partial charge in [-0.15, -0.1) is 11.3 Å². The lowest BCUT2D eigenvalue weighted by atomic mass is 9.73. The van der Waals surface area contributed by atoms with Crippen molar-refractivity contribution in [3.05, 3.63) is 41.4 Å². The number of aromatic nitrogens is 1. The van der Waals surface area contributed by atoms with Crippen LogP contribution in [-0.2, 0) is 38.1 Å². The third kappa shape index (κ3) is 9.75. The predicted molar refractivity (Wildman–Crippen MR) is 219 cm³/mol. The minimum atomic E-state index is -1.32. The molecule has 2 N–H and O–H groups in total. The summed E-state index contributed by atoms with van der Waals surface area (Å²) in [5.41, 5.74) is -1.20. The molecule has 0 aromatic carbocycles. The van der Waals surface area contributed by atoms with Gasteiger partial charge in [-0.2, -0.15) is 0 Å². The molecule has 3 aliphatic heterocycles. The van der Waals surface area contributed by atoms with Gasteiger partial charge < -0.3 is 43.8 Å². The average molecular weight is 825 g/mol. The molecule has 13 atom stereocenters. The van der Waals surface area contributed by atoms with Gasteiger partial charge in [0.1, 0.15) is 31.8 Å². The van der Waals surface area contributed by atoms with Gasteiger partial charge in [-0.1, -0.05) is 50.8 Å². The molecule has 0 unspecified atom stereocenters. The van der Waals surface area contributed by atoms with Crippen LogP contribution >= 0.6 is 11.3 Å². The number of oxime groups is 1. The Labute approximate surface area is 346 Å². The molecule has 2 aromatic heterocycles. The summed E-state index contributed by atoms with van der Waals surface area (Å²) in [6, 6.07) is 8.66. The van der Waals surface area contributed by atoms with Crippen LogP contribution < -0.4 is 5.32 Å². The molecule has 0 aliphatic carbocycles. The van der Waals surface area contributed by atoms with Crippen molar-refractivity contribution in [2.24, 2.45) is 28.8 Å². The summed E-state index contributed by atoms with van der Waals surface area (Å²) in [6.45, 7) is 14.3. The first-order valence-corrected chi connectivity index (χ1v) is 20.9. The van der Waals surface area contributed by atoms with E-state index in [2.05, 4.69) is 27.3 Å². The molecular formula is C43H60N4O10S. The number of ether oxygens (including phenoxy) is 5. The number of rotatable bonds is 8. The number of fused-ring (bicyclic) bond motifs is 1. The summed E-state index contributed by atoms with van der Waals surface area (Å²) in [5, 5.41) is 19.1. The van der Waals surface area contributed by atoms with Crippen LogP contribution in [0.25, 0.3) is 10.6 Å². The second-order valence-corrected chi connectivity index (χ2v) is 17.5. The van der Waals surface area contributed by atoms with Gasteiger partial charge in [-0.05, 0) is 85.3 Å². The monoisotopic (exact) mass is 824 g/mol. The highest BCUT2D eigenvalue weighted by atomic mass is 32.1. The van der Waals surface area contributed by atoms with Crippen molar-refractivity contribution < 1.29 is 48.0 Å². The minimum Gasteiger partial charge on any atom is -0.458 e. The topological polar surface area (TPSA) is 167 Å². The van der Waals surface area contributed by atoms with Crippen LogP contribution in [0.1, 0.15) is 79.5 Å². The first-order chi connectivity index (χ1) is 27.4. The van der Waals surface area contributed by atoms with E-state index in [1.165, 1.54) is 25.4 Å². The Morgan fingerprint density at radius 3 is 2.48 bits per heavy atom. The number of thiophene rings is 1. The number of Topliss-reactive ketones (excluding diaryl/α,β-unsaturated/α-hetero) is 1. The Hall–Kier alpha value is -3.91. The number of nitrogens with one attached hydrogen (secondary N) is 1. The molecule has 3 aliphatic rings. The lowest BCUT2D eigenvalue weighted by molar-refractivity contribution is -0.296. The van der Waals surface area contributed by atoms with E-state index < -0.39 is 83.4 Å². The van der Waals surface area contributed by atoms with E-state index in [0.717, 1.165) is 15.4 Å². The van der Waals surface area contributed by atoms with Crippen molar-refractivity contribution >= 4 is 34.9 Å². The van der Waals surface area contributed by atoms with Crippen LogP contribution in [0.3, 0.4) is 0 Å². The molecule has 1 amide bonds. The number of amides is 1. The lowest BCUT2D eigenvalue weighted by Gasteiger charge is -2.47. The zero-order valence-electron chi connectivity index (χ0n) is 35.5. The Kier molecular flexibility index (Phi) is 14.8.